The summed E-state index contributed by atoms with van der Waals surface area (Å²) in [5.41, 5.74) is -1.32. The Morgan fingerprint density at radius 3 is 2.33 bits per heavy atom. The molecule has 72 valence electrons. The molecular weight excluding hydrogens is 156 g/mol. The first-order valence-electron chi connectivity index (χ1n) is 4.44. The van der Waals surface area contributed by atoms with Crippen LogP contribution in [-0.2, 0) is 4.79 Å². The molecule has 0 heterocycles. The minimum Gasteiger partial charge on any atom is -0.396 e. The van der Waals surface area contributed by atoms with Crippen LogP contribution in [0.25, 0.3) is 0 Å². The summed E-state index contributed by atoms with van der Waals surface area (Å²) >= 11 is 0. The summed E-state index contributed by atoms with van der Waals surface area (Å²) in [7, 11) is 0. The van der Waals surface area contributed by atoms with E-state index in [1.54, 1.807) is 0 Å². The molecule has 3 nitrogen and oxygen atoms in total. The Bertz CT molecular complexity index is 132. The van der Waals surface area contributed by atoms with E-state index >= 15 is 0 Å². The van der Waals surface area contributed by atoms with Crippen LogP contribution in [0.15, 0.2) is 0 Å². The molecule has 0 spiro atoms. The van der Waals surface area contributed by atoms with Gasteiger partial charge in [0, 0.05) is 12.5 Å². The van der Waals surface area contributed by atoms with Crippen molar-refractivity contribution < 1.29 is 15.0 Å². The van der Waals surface area contributed by atoms with E-state index in [2.05, 4.69) is 0 Å². The number of aldehydes is 1. The fourth-order valence-corrected chi connectivity index (χ4v) is 1.40. The lowest BCUT2D eigenvalue weighted by molar-refractivity contribution is -0.133. The first kappa shape index (κ1) is 11.6. The largest absolute Gasteiger partial charge is 0.396 e. The van der Waals surface area contributed by atoms with E-state index in [1.165, 1.54) is 0 Å². The first-order chi connectivity index (χ1) is 5.64. The van der Waals surface area contributed by atoms with Crippen molar-refractivity contribution in [1.82, 2.24) is 0 Å². The summed E-state index contributed by atoms with van der Waals surface area (Å²) < 4.78 is 0. The van der Waals surface area contributed by atoms with Gasteiger partial charge in [-0.05, 0) is 12.8 Å². The van der Waals surface area contributed by atoms with Crippen molar-refractivity contribution in [1.29, 1.82) is 0 Å². The van der Waals surface area contributed by atoms with E-state index in [0.717, 1.165) is 6.42 Å². The smallest absolute Gasteiger partial charge is 0.151 e. The fourth-order valence-electron chi connectivity index (χ4n) is 1.40. The first-order valence-corrected chi connectivity index (χ1v) is 4.44. The molecule has 2 atom stereocenters. The molecule has 0 radical (unpaired) electrons. The van der Waals surface area contributed by atoms with Gasteiger partial charge in [-0.3, -0.25) is 0 Å². The van der Waals surface area contributed by atoms with Gasteiger partial charge in [0.05, 0.1) is 0 Å². The van der Waals surface area contributed by atoms with Gasteiger partial charge in [0.15, 0.2) is 6.29 Å². The van der Waals surface area contributed by atoms with Gasteiger partial charge < -0.3 is 15.0 Å². The Kier molecular flexibility index (Phi) is 5.09. The molecular formula is C9H18O3. The highest BCUT2D eigenvalue weighted by Gasteiger charge is 2.33. The Morgan fingerprint density at radius 1 is 1.50 bits per heavy atom. The van der Waals surface area contributed by atoms with E-state index < -0.39 is 5.60 Å². The maximum Gasteiger partial charge on any atom is 0.151 e. The van der Waals surface area contributed by atoms with Gasteiger partial charge in [0.25, 0.3) is 0 Å². The van der Waals surface area contributed by atoms with Crippen molar-refractivity contribution in [3.8, 4) is 0 Å². The number of carbonyl (C=O) groups is 1. The van der Waals surface area contributed by atoms with Crippen LogP contribution in [0.2, 0.25) is 0 Å². The molecule has 0 rings (SSSR count). The third kappa shape index (κ3) is 2.57. The second kappa shape index (κ2) is 5.27. The normalized spacial score (nSPS) is 18.3. The number of hydrogen-bond acceptors (Lipinski definition) is 3. The lowest BCUT2D eigenvalue weighted by Gasteiger charge is -2.28. The number of carbonyl (C=O) groups excluding carboxylic acids is 1. The highest BCUT2D eigenvalue weighted by Crippen LogP contribution is 2.23. The van der Waals surface area contributed by atoms with Crippen LogP contribution in [-0.4, -0.2) is 28.7 Å². The quantitative estimate of drug-likeness (QED) is 0.584. The summed E-state index contributed by atoms with van der Waals surface area (Å²) in [6, 6.07) is 0. The van der Waals surface area contributed by atoms with E-state index in [4.69, 9.17) is 5.11 Å². The van der Waals surface area contributed by atoms with Crippen LogP contribution in [0.1, 0.15) is 33.1 Å². The predicted octanol–water partition coefficient (Wildman–Crippen LogP) is 0.735. The van der Waals surface area contributed by atoms with Gasteiger partial charge >= 0.3 is 0 Å². The highest BCUT2D eigenvalue weighted by molar-refractivity contribution is 5.62. The van der Waals surface area contributed by atoms with Crippen LogP contribution in [0, 0.1) is 5.92 Å². The topological polar surface area (TPSA) is 57.5 Å². The molecule has 0 aliphatic rings. The molecule has 0 amide bonds. The maximum atomic E-state index is 10.6. The summed E-state index contributed by atoms with van der Waals surface area (Å²) in [4.78, 5) is 10.6. The Balaban J connectivity index is 4.35. The van der Waals surface area contributed by atoms with Gasteiger partial charge in [0.1, 0.15) is 5.60 Å². The lowest BCUT2D eigenvalue weighted by atomic mass is 9.84. The summed E-state index contributed by atoms with van der Waals surface area (Å²) in [6.45, 7) is 3.62. The van der Waals surface area contributed by atoms with E-state index in [9.17, 15) is 9.90 Å². The zero-order valence-electron chi connectivity index (χ0n) is 7.79. The van der Waals surface area contributed by atoms with Crippen LogP contribution >= 0.6 is 0 Å². The molecule has 0 saturated heterocycles. The third-order valence-corrected chi connectivity index (χ3v) is 2.27. The number of hydrogen-bond donors (Lipinski definition) is 2. The molecule has 0 bridgehead atoms. The molecule has 0 aliphatic heterocycles. The van der Waals surface area contributed by atoms with E-state index in [0.29, 0.717) is 19.1 Å². The van der Waals surface area contributed by atoms with Crippen LogP contribution < -0.4 is 0 Å². The van der Waals surface area contributed by atoms with Gasteiger partial charge in [-0.25, -0.2) is 0 Å². The Morgan fingerprint density at radius 2 is 2.08 bits per heavy atom. The molecule has 0 aromatic carbocycles. The number of aliphatic hydroxyl groups is 2. The van der Waals surface area contributed by atoms with Crippen LogP contribution in [0.5, 0.6) is 0 Å². The summed E-state index contributed by atoms with van der Waals surface area (Å²) in [6.07, 6.45) is 2.34. The lowest BCUT2D eigenvalue weighted by Crippen LogP contribution is -2.41. The monoisotopic (exact) mass is 174 g/mol. The SMILES string of the molecule is CCC[C@@](O)(C=O)[C@H](CC)CO. The van der Waals surface area contributed by atoms with Crippen molar-refractivity contribution in [2.45, 2.75) is 38.7 Å². The number of rotatable bonds is 6. The maximum absolute atomic E-state index is 10.6. The molecule has 0 unspecified atom stereocenters. The molecule has 2 N–H and O–H groups in total. The molecule has 3 heteroatoms. The molecule has 0 aromatic heterocycles. The van der Waals surface area contributed by atoms with Crippen molar-refractivity contribution in [3.05, 3.63) is 0 Å². The minimum absolute atomic E-state index is 0.133. The van der Waals surface area contributed by atoms with Gasteiger partial charge in [-0.15, -0.1) is 0 Å². The Hall–Kier alpha value is -0.410. The van der Waals surface area contributed by atoms with Gasteiger partial charge in [-0.2, -0.15) is 0 Å². The molecule has 12 heavy (non-hydrogen) atoms. The molecule has 0 aliphatic carbocycles. The minimum atomic E-state index is -1.32. The zero-order chi connectivity index (χ0) is 9.61. The van der Waals surface area contributed by atoms with E-state index in [1.807, 2.05) is 13.8 Å². The summed E-state index contributed by atoms with van der Waals surface area (Å²) in [5.74, 6) is -0.324. The second-order valence-electron chi connectivity index (χ2n) is 3.15. The standard InChI is InChI=1S/C9H18O3/c1-3-5-9(12,7-11)8(4-2)6-10/h7-8,10,12H,3-6H2,1-2H3/t8-,9-/m1/s1. The van der Waals surface area contributed by atoms with Crippen LogP contribution in [0.4, 0.5) is 0 Å². The Labute approximate surface area is 73.4 Å². The zero-order valence-corrected chi connectivity index (χ0v) is 7.79. The fraction of sp³-hybridized carbons (Fsp3) is 0.889. The summed E-state index contributed by atoms with van der Waals surface area (Å²) in [5, 5.41) is 18.7. The third-order valence-electron chi connectivity index (χ3n) is 2.27. The molecule has 0 saturated carbocycles. The van der Waals surface area contributed by atoms with Gasteiger partial charge in [-0.1, -0.05) is 20.3 Å². The van der Waals surface area contributed by atoms with E-state index in [-0.39, 0.29) is 12.5 Å². The second-order valence-corrected chi connectivity index (χ2v) is 3.15. The predicted molar refractivity (Wildman–Crippen MR) is 46.8 cm³/mol. The van der Waals surface area contributed by atoms with Crippen molar-refractivity contribution >= 4 is 6.29 Å². The highest BCUT2D eigenvalue weighted by atomic mass is 16.3. The average molecular weight is 174 g/mol. The van der Waals surface area contributed by atoms with Gasteiger partial charge in [0.2, 0.25) is 0 Å². The van der Waals surface area contributed by atoms with Crippen molar-refractivity contribution in [3.63, 3.8) is 0 Å². The molecule has 0 aromatic rings. The average Bonchev–Trinajstić information content (AvgIpc) is 2.07. The molecule has 0 fully saturated rings. The van der Waals surface area contributed by atoms with Crippen molar-refractivity contribution in [2.75, 3.05) is 6.61 Å². The van der Waals surface area contributed by atoms with Crippen molar-refractivity contribution in [2.24, 2.45) is 5.92 Å². The number of aliphatic hydroxyl groups excluding tert-OH is 1. The van der Waals surface area contributed by atoms with Crippen LogP contribution in [0.3, 0.4) is 0 Å².